The lowest BCUT2D eigenvalue weighted by molar-refractivity contribution is 0.448. The number of allylic oxidation sites excluding steroid dienone is 1. The van der Waals surface area contributed by atoms with Crippen LogP contribution in [0.25, 0.3) is 0 Å². The molecule has 1 heteroatoms. The van der Waals surface area contributed by atoms with E-state index in [0.717, 1.165) is 0 Å². The van der Waals surface area contributed by atoms with Gasteiger partial charge in [-0.2, -0.15) is 0 Å². The van der Waals surface area contributed by atoms with E-state index in [1.54, 1.807) is 0 Å². The molecular formula is C16H23N. The summed E-state index contributed by atoms with van der Waals surface area (Å²) < 4.78 is 0. The van der Waals surface area contributed by atoms with Gasteiger partial charge in [-0.25, -0.2) is 0 Å². The molecule has 0 aliphatic carbocycles. The van der Waals surface area contributed by atoms with Crippen LogP contribution in [0.3, 0.4) is 0 Å². The van der Waals surface area contributed by atoms with Crippen molar-refractivity contribution in [1.82, 2.24) is 0 Å². The minimum absolute atomic E-state index is 0.263. The molecule has 0 aromatic heterocycles. The summed E-state index contributed by atoms with van der Waals surface area (Å²) in [6, 6.07) is 8.83. The molecule has 0 amide bonds. The molecule has 0 bridgehead atoms. The van der Waals surface area contributed by atoms with Gasteiger partial charge in [0, 0.05) is 24.4 Å². The lowest BCUT2D eigenvalue weighted by atomic mass is 9.72. The fourth-order valence-electron chi connectivity index (χ4n) is 2.82. The Morgan fingerprint density at radius 1 is 1.18 bits per heavy atom. The standard InChI is InChI=1S/C16H23N/c1-4-6-11-16(5-2)12-13-17(3)15-10-8-7-9-14(15)16/h7-10,12-13H,4-6,11H2,1-3H3. The van der Waals surface area contributed by atoms with Gasteiger partial charge in [-0.05, 0) is 24.5 Å². The first kappa shape index (κ1) is 12.2. The second-order valence-corrected chi connectivity index (χ2v) is 5.06. The first-order valence-electron chi connectivity index (χ1n) is 6.75. The van der Waals surface area contributed by atoms with Gasteiger partial charge in [0.25, 0.3) is 0 Å². The van der Waals surface area contributed by atoms with E-state index in [1.165, 1.54) is 36.9 Å². The molecule has 0 fully saturated rings. The van der Waals surface area contributed by atoms with E-state index < -0.39 is 0 Å². The van der Waals surface area contributed by atoms with E-state index in [2.05, 4.69) is 62.3 Å². The Balaban J connectivity index is 2.43. The molecule has 0 saturated heterocycles. The molecule has 1 atom stereocenters. The van der Waals surface area contributed by atoms with Crippen molar-refractivity contribution in [3.63, 3.8) is 0 Å². The van der Waals surface area contributed by atoms with Crippen LogP contribution in [-0.4, -0.2) is 7.05 Å². The Bertz CT molecular complexity index is 408. The summed E-state index contributed by atoms with van der Waals surface area (Å²) in [5.74, 6) is 0. The summed E-state index contributed by atoms with van der Waals surface area (Å²) in [5, 5.41) is 0. The summed E-state index contributed by atoms with van der Waals surface area (Å²) in [6.45, 7) is 4.58. The second kappa shape index (κ2) is 4.95. The number of anilines is 1. The Kier molecular flexibility index (Phi) is 3.56. The molecule has 17 heavy (non-hydrogen) atoms. The highest BCUT2D eigenvalue weighted by molar-refractivity contribution is 5.62. The van der Waals surface area contributed by atoms with Crippen molar-refractivity contribution in [2.75, 3.05) is 11.9 Å². The molecule has 1 unspecified atom stereocenters. The van der Waals surface area contributed by atoms with Crippen LogP contribution in [0, 0.1) is 0 Å². The van der Waals surface area contributed by atoms with Crippen LogP contribution in [0.15, 0.2) is 36.5 Å². The maximum Gasteiger partial charge on any atom is 0.0444 e. The molecule has 0 radical (unpaired) electrons. The topological polar surface area (TPSA) is 3.24 Å². The largest absolute Gasteiger partial charge is 0.351 e. The quantitative estimate of drug-likeness (QED) is 0.735. The third-order valence-corrected chi connectivity index (χ3v) is 4.04. The number of unbranched alkanes of at least 4 members (excludes halogenated alkanes) is 1. The zero-order valence-corrected chi connectivity index (χ0v) is 11.2. The van der Waals surface area contributed by atoms with Crippen molar-refractivity contribution >= 4 is 5.69 Å². The van der Waals surface area contributed by atoms with Gasteiger partial charge >= 0.3 is 0 Å². The number of fused-ring (bicyclic) bond motifs is 1. The Labute approximate surface area is 105 Å². The molecule has 2 rings (SSSR count). The van der Waals surface area contributed by atoms with Gasteiger partial charge in [0.15, 0.2) is 0 Å². The maximum absolute atomic E-state index is 2.41. The number of rotatable bonds is 4. The van der Waals surface area contributed by atoms with Gasteiger partial charge in [0.05, 0.1) is 0 Å². The Morgan fingerprint density at radius 3 is 2.65 bits per heavy atom. The molecule has 1 aliphatic rings. The van der Waals surface area contributed by atoms with Gasteiger partial charge in [-0.15, -0.1) is 0 Å². The monoisotopic (exact) mass is 229 g/mol. The third kappa shape index (κ3) is 2.11. The van der Waals surface area contributed by atoms with Crippen molar-refractivity contribution in [3.8, 4) is 0 Å². The van der Waals surface area contributed by atoms with E-state index in [9.17, 15) is 0 Å². The minimum Gasteiger partial charge on any atom is -0.351 e. The van der Waals surface area contributed by atoms with Crippen LogP contribution in [0.5, 0.6) is 0 Å². The maximum atomic E-state index is 2.41. The minimum atomic E-state index is 0.263. The second-order valence-electron chi connectivity index (χ2n) is 5.06. The van der Waals surface area contributed by atoms with Gasteiger partial charge in [-0.1, -0.05) is 51.0 Å². The average Bonchev–Trinajstić information content (AvgIpc) is 2.39. The lowest BCUT2D eigenvalue weighted by Gasteiger charge is -2.38. The molecule has 1 aromatic rings. The molecule has 1 heterocycles. The fraction of sp³-hybridized carbons (Fsp3) is 0.500. The molecule has 0 spiro atoms. The van der Waals surface area contributed by atoms with Crippen LogP contribution >= 0.6 is 0 Å². The van der Waals surface area contributed by atoms with Crippen molar-refractivity contribution < 1.29 is 0 Å². The highest BCUT2D eigenvalue weighted by atomic mass is 15.1. The number of hydrogen-bond donors (Lipinski definition) is 0. The van der Waals surface area contributed by atoms with Crippen LogP contribution in [0.2, 0.25) is 0 Å². The normalized spacial score (nSPS) is 22.6. The Morgan fingerprint density at radius 2 is 1.94 bits per heavy atom. The molecule has 0 N–H and O–H groups in total. The first-order valence-corrected chi connectivity index (χ1v) is 6.75. The summed E-state index contributed by atoms with van der Waals surface area (Å²) in [6.07, 6.45) is 9.67. The zero-order chi connectivity index (χ0) is 12.3. The summed E-state index contributed by atoms with van der Waals surface area (Å²) in [5.41, 5.74) is 3.13. The van der Waals surface area contributed by atoms with Crippen LogP contribution in [0.1, 0.15) is 45.1 Å². The highest BCUT2D eigenvalue weighted by Gasteiger charge is 2.32. The van der Waals surface area contributed by atoms with Crippen LogP contribution < -0.4 is 4.90 Å². The number of nitrogens with zero attached hydrogens (tertiary/aromatic N) is 1. The van der Waals surface area contributed by atoms with Crippen LogP contribution in [-0.2, 0) is 5.41 Å². The van der Waals surface area contributed by atoms with E-state index in [1.807, 2.05) is 0 Å². The van der Waals surface area contributed by atoms with Crippen molar-refractivity contribution in [3.05, 3.63) is 42.1 Å². The van der Waals surface area contributed by atoms with E-state index in [4.69, 9.17) is 0 Å². The van der Waals surface area contributed by atoms with E-state index in [0.29, 0.717) is 0 Å². The predicted molar refractivity (Wildman–Crippen MR) is 75.5 cm³/mol. The summed E-state index contributed by atoms with van der Waals surface area (Å²) >= 11 is 0. The van der Waals surface area contributed by atoms with Gasteiger partial charge in [0.2, 0.25) is 0 Å². The average molecular weight is 229 g/mol. The SMILES string of the molecule is CCCCC1(CC)C=CN(C)c2ccccc21. The number of para-hydroxylation sites is 1. The van der Waals surface area contributed by atoms with E-state index >= 15 is 0 Å². The van der Waals surface area contributed by atoms with Gasteiger partial charge in [-0.3, -0.25) is 0 Å². The smallest absolute Gasteiger partial charge is 0.0444 e. The predicted octanol–water partition coefficient (Wildman–Crippen LogP) is 4.49. The van der Waals surface area contributed by atoms with Gasteiger partial charge < -0.3 is 4.90 Å². The molecular weight excluding hydrogens is 206 g/mol. The molecule has 0 saturated carbocycles. The lowest BCUT2D eigenvalue weighted by Crippen LogP contribution is -2.30. The van der Waals surface area contributed by atoms with Crippen molar-refractivity contribution in [2.45, 2.75) is 44.9 Å². The summed E-state index contributed by atoms with van der Waals surface area (Å²) in [4.78, 5) is 2.23. The third-order valence-electron chi connectivity index (χ3n) is 4.04. The number of hydrogen-bond acceptors (Lipinski definition) is 1. The van der Waals surface area contributed by atoms with E-state index in [-0.39, 0.29) is 5.41 Å². The zero-order valence-electron chi connectivity index (χ0n) is 11.2. The highest BCUT2D eigenvalue weighted by Crippen LogP contribution is 2.42. The van der Waals surface area contributed by atoms with Crippen molar-refractivity contribution in [1.29, 1.82) is 0 Å². The first-order chi connectivity index (χ1) is 8.23. The van der Waals surface area contributed by atoms with Crippen molar-refractivity contribution in [2.24, 2.45) is 0 Å². The molecule has 1 nitrogen and oxygen atoms in total. The number of benzene rings is 1. The summed E-state index contributed by atoms with van der Waals surface area (Å²) in [7, 11) is 2.13. The molecule has 1 aliphatic heterocycles. The Hall–Kier alpha value is -1.24. The fourth-order valence-corrected chi connectivity index (χ4v) is 2.82. The van der Waals surface area contributed by atoms with Gasteiger partial charge in [0.1, 0.15) is 0 Å². The van der Waals surface area contributed by atoms with Crippen LogP contribution in [0.4, 0.5) is 5.69 Å². The molecule has 92 valence electrons. The molecule has 1 aromatic carbocycles.